The molecule has 2 aromatic carbocycles. The molecule has 2 aliphatic rings. The largest absolute Gasteiger partial charge is 0.369 e. The van der Waals surface area contributed by atoms with Gasteiger partial charge in [0.2, 0.25) is 5.82 Å². The number of aliphatic imine (C=N–C) groups is 1. The number of rotatable bonds is 2. The first-order valence-electron chi connectivity index (χ1n) is 11.8. The molecule has 0 bridgehead atoms. The Morgan fingerprint density at radius 1 is 1.09 bits per heavy atom. The Morgan fingerprint density at radius 2 is 1.83 bits per heavy atom. The lowest BCUT2D eigenvalue weighted by Gasteiger charge is -2.45. The highest BCUT2D eigenvalue weighted by Gasteiger charge is 2.36. The Labute approximate surface area is 216 Å². The standard InChI is InChI=1S/C27H30Cl2N6/c1-15-14-27(5,6)34(7)21-11-9-17(13-19(15)21)30-22-23(26(2,3)4)32-35-25(22)31-24(33-35)18-10-8-16(28)12-20(18)29/h8-13,15H,14H2,1-7H3/b30-22-. The molecule has 3 heterocycles. The Bertz CT molecular complexity index is 1390. The van der Waals surface area contributed by atoms with Gasteiger partial charge in [-0.05, 0) is 68.1 Å². The van der Waals surface area contributed by atoms with Crippen molar-refractivity contribution in [3.05, 3.63) is 57.8 Å². The molecule has 0 spiro atoms. The zero-order valence-corrected chi connectivity index (χ0v) is 22.7. The lowest BCUT2D eigenvalue weighted by molar-refractivity contribution is 0.395. The minimum absolute atomic E-state index is 0.118. The molecule has 6 nitrogen and oxygen atoms in total. The summed E-state index contributed by atoms with van der Waals surface area (Å²) in [6.07, 6.45) is 1.09. The summed E-state index contributed by atoms with van der Waals surface area (Å²) in [7, 11) is 2.17. The van der Waals surface area contributed by atoms with Gasteiger partial charge in [0.25, 0.3) is 0 Å². The molecule has 0 saturated heterocycles. The summed E-state index contributed by atoms with van der Waals surface area (Å²) in [5.74, 6) is 1.55. The average molecular weight is 509 g/mol. The Hall–Kier alpha value is -2.70. The van der Waals surface area contributed by atoms with E-state index in [2.05, 4.69) is 76.8 Å². The van der Waals surface area contributed by atoms with Gasteiger partial charge in [-0.3, -0.25) is 0 Å². The highest BCUT2D eigenvalue weighted by Crippen LogP contribution is 2.44. The minimum Gasteiger partial charge on any atom is -0.369 e. The molecule has 0 radical (unpaired) electrons. The maximum absolute atomic E-state index is 6.42. The topological polar surface area (TPSA) is 58.7 Å². The van der Waals surface area contributed by atoms with E-state index in [1.807, 2.05) is 6.07 Å². The van der Waals surface area contributed by atoms with Crippen molar-refractivity contribution in [1.82, 2.24) is 14.9 Å². The molecular weight excluding hydrogens is 479 g/mol. The molecule has 1 unspecified atom stereocenters. The number of benzene rings is 2. The third-order valence-electron chi connectivity index (χ3n) is 6.96. The van der Waals surface area contributed by atoms with Gasteiger partial charge in [0, 0.05) is 34.3 Å². The molecule has 0 fully saturated rings. The van der Waals surface area contributed by atoms with Gasteiger partial charge >= 0.3 is 0 Å². The molecule has 2 aliphatic heterocycles. The van der Waals surface area contributed by atoms with Gasteiger partial charge in [-0.25, -0.2) is 9.98 Å². The fourth-order valence-corrected chi connectivity index (χ4v) is 5.42. The summed E-state index contributed by atoms with van der Waals surface area (Å²) < 4.78 is 0. The molecule has 0 N–H and O–H groups in total. The first kappa shape index (κ1) is 24.0. The molecule has 0 amide bonds. The van der Waals surface area contributed by atoms with Crippen LogP contribution in [0.2, 0.25) is 10.0 Å². The molecule has 5 rings (SSSR count). The van der Waals surface area contributed by atoms with E-state index >= 15 is 0 Å². The zero-order chi connectivity index (χ0) is 25.3. The van der Waals surface area contributed by atoms with E-state index in [-0.39, 0.29) is 11.0 Å². The van der Waals surface area contributed by atoms with Crippen LogP contribution in [0.3, 0.4) is 0 Å². The van der Waals surface area contributed by atoms with Crippen molar-refractivity contribution in [3.8, 4) is 11.4 Å². The molecule has 1 aromatic heterocycles. The van der Waals surface area contributed by atoms with Crippen LogP contribution in [0.5, 0.6) is 0 Å². The predicted octanol–water partition coefficient (Wildman–Crippen LogP) is 7.36. The van der Waals surface area contributed by atoms with Gasteiger partial charge in [-0.1, -0.05) is 50.9 Å². The van der Waals surface area contributed by atoms with E-state index in [9.17, 15) is 0 Å². The molecule has 1 atom stereocenters. The fourth-order valence-electron chi connectivity index (χ4n) is 4.93. The summed E-state index contributed by atoms with van der Waals surface area (Å²) in [6, 6.07) is 11.8. The minimum atomic E-state index is -0.231. The van der Waals surface area contributed by atoms with Crippen molar-refractivity contribution in [3.63, 3.8) is 0 Å². The Morgan fingerprint density at radius 3 is 2.51 bits per heavy atom. The van der Waals surface area contributed by atoms with Crippen LogP contribution in [0.4, 0.5) is 11.4 Å². The number of hydrogen-bond donors (Lipinski definition) is 0. The van der Waals surface area contributed by atoms with Crippen LogP contribution in [0.1, 0.15) is 65.3 Å². The van der Waals surface area contributed by atoms with E-state index in [1.54, 1.807) is 16.9 Å². The molecule has 0 aliphatic carbocycles. The van der Waals surface area contributed by atoms with Gasteiger partial charge in [-0.2, -0.15) is 5.10 Å². The van der Waals surface area contributed by atoms with Crippen molar-refractivity contribution in [1.29, 1.82) is 0 Å². The van der Waals surface area contributed by atoms with Crippen LogP contribution in [0, 0.1) is 5.41 Å². The Kier molecular flexibility index (Phi) is 5.61. The maximum Gasteiger partial charge on any atom is 0.204 e. The molecule has 0 saturated carbocycles. The highest BCUT2D eigenvalue weighted by atomic mass is 35.5. The third-order valence-corrected chi connectivity index (χ3v) is 7.51. The van der Waals surface area contributed by atoms with Gasteiger partial charge in [-0.15, -0.1) is 9.89 Å². The number of halogens is 2. The monoisotopic (exact) mass is 508 g/mol. The summed E-state index contributed by atoms with van der Waals surface area (Å²) in [4.78, 5) is 13.8. The first-order chi connectivity index (χ1) is 16.3. The second-order valence-electron chi connectivity index (χ2n) is 11.2. The molecule has 3 aromatic rings. The van der Waals surface area contributed by atoms with Crippen molar-refractivity contribution in [2.75, 3.05) is 11.9 Å². The van der Waals surface area contributed by atoms with Crippen LogP contribution in [-0.2, 0) is 0 Å². The van der Waals surface area contributed by atoms with Gasteiger partial charge in [0.05, 0.1) is 16.4 Å². The molecular formula is C27H30Cl2N6. The quantitative estimate of drug-likeness (QED) is 0.363. The number of aromatic nitrogens is 3. The first-order valence-corrected chi connectivity index (χ1v) is 12.6. The second kappa shape index (κ2) is 8.17. The number of fused-ring (bicyclic) bond motifs is 2. The van der Waals surface area contributed by atoms with Crippen LogP contribution in [0.15, 0.2) is 46.5 Å². The number of nitrogens with zero attached hydrogens (tertiary/aromatic N) is 6. The molecule has 35 heavy (non-hydrogen) atoms. The summed E-state index contributed by atoms with van der Waals surface area (Å²) in [5.41, 5.74) is 5.64. The summed E-state index contributed by atoms with van der Waals surface area (Å²) in [5, 5.41) is 10.5. The van der Waals surface area contributed by atoms with E-state index in [4.69, 9.17) is 38.3 Å². The third kappa shape index (κ3) is 4.17. The number of hydrogen-bond acceptors (Lipinski definition) is 5. The van der Waals surface area contributed by atoms with Crippen LogP contribution >= 0.6 is 23.2 Å². The van der Waals surface area contributed by atoms with E-state index in [1.165, 1.54) is 11.3 Å². The lowest BCUT2D eigenvalue weighted by atomic mass is 9.80. The summed E-state index contributed by atoms with van der Waals surface area (Å²) >= 11 is 12.5. The van der Waals surface area contributed by atoms with Crippen molar-refractivity contribution < 1.29 is 0 Å². The normalized spacial score (nSPS) is 20.1. The van der Waals surface area contributed by atoms with Gasteiger partial charge < -0.3 is 4.90 Å². The summed E-state index contributed by atoms with van der Waals surface area (Å²) in [6.45, 7) is 13.2. The average Bonchev–Trinajstić information content (AvgIpc) is 3.31. The van der Waals surface area contributed by atoms with Crippen LogP contribution < -0.4 is 4.90 Å². The Balaban J connectivity index is 1.61. The van der Waals surface area contributed by atoms with Gasteiger partial charge in [0.1, 0.15) is 5.71 Å². The van der Waals surface area contributed by atoms with E-state index in [0.717, 1.165) is 23.5 Å². The van der Waals surface area contributed by atoms with Crippen LogP contribution in [0.25, 0.3) is 11.4 Å². The molecule has 8 heteroatoms. The van der Waals surface area contributed by atoms with E-state index < -0.39 is 0 Å². The highest BCUT2D eigenvalue weighted by molar-refractivity contribution is 6.50. The second-order valence-corrected chi connectivity index (χ2v) is 12.0. The van der Waals surface area contributed by atoms with Gasteiger partial charge in [0.15, 0.2) is 5.82 Å². The lowest BCUT2D eigenvalue weighted by Crippen LogP contribution is -2.45. The smallest absolute Gasteiger partial charge is 0.204 e. The SMILES string of the molecule is CC1CC(C)(C)N(C)c2ccc(/N=C3/C(C(C)(C)C)=Nn4nc(-c5ccc(Cl)cc5Cl)nc43)cc21. The predicted molar refractivity (Wildman–Crippen MR) is 146 cm³/mol. The van der Waals surface area contributed by atoms with Crippen molar-refractivity contribution in [2.24, 2.45) is 15.5 Å². The zero-order valence-electron chi connectivity index (χ0n) is 21.2. The van der Waals surface area contributed by atoms with Crippen molar-refractivity contribution >= 4 is 46.0 Å². The maximum atomic E-state index is 6.42. The van der Waals surface area contributed by atoms with E-state index in [0.29, 0.717) is 33.2 Å². The van der Waals surface area contributed by atoms with Crippen molar-refractivity contribution in [2.45, 2.75) is 59.4 Å². The fraction of sp³-hybridized carbons (Fsp3) is 0.407. The molecule has 182 valence electrons. The van der Waals surface area contributed by atoms with Crippen LogP contribution in [-0.4, -0.2) is 38.9 Å². The number of anilines is 1.